The summed E-state index contributed by atoms with van der Waals surface area (Å²) in [6, 6.07) is 1.56. The van der Waals surface area contributed by atoms with Gasteiger partial charge in [-0.05, 0) is 38.1 Å². The zero-order valence-electron chi connectivity index (χ0n) is 11.8. The molecule has 0 aliphatic carbocycles. The quantitative estimate of drug-likeness (QED) is 0.877. The van der Waals surface area contributed by atoms with Gasteiger partial charge in [0.25, 0.3) is 0 Å². The number of aryl methyl sites for hydroxylation is 2. The Morgan fingerprint density at radius 1 is 1.29 bits per heavy atom. The zero-order chi connectivity index (χ0) is 15.7. The molecule has 2 rings (SSSR count). The molecule has 114 valence electrons. The van der Waals surface area contributed by atoms with Crippen LogP contribution < -0.4 is 5.32 Å². The fourth-order valence-electron chi connectivity index (χ4n) is 2.27. The van der Waals surface area contributed by atoms with Crippen LogP contribution in [0.25, 0.3) is 0 Å². The minimum absolute atomic E-state index is 0.313. The van der Waals surface area contributed by atoms with Gasteiger partial charge in [-0.1, -0.05) is 11.6 Å². The molecular weight excluding hydrogens is 303 g/mol. The molecule has 1 unspecified atom stereocenters. The number of rotatable bonds is 4. The summed E-state index contributed by atoms with van der Waals surface area (Å²) < 4.78 is 41.3. The van der Waals surface area contributed by atoms with Gasteiger partial charge in [0.05, 0.1) is 5.69 Å². The number of hydrogen-bond acceptors (Lipinski definition) is 2. The summed E-state index contributed by atoms with van der Waals surface area (Å²) in [7, 11) is 3.37. The molecule has 0 spiro atoms. The maximum Gasteiger partial charge on any atom is 0.194 e. The summed E-state index contributed by atoms with van der Waals surface area (Å²) in [5.74, 6) is -3.89. The number of halogens is 4. The van der Waals surface area contributed by atoms with E-state index in [0.717, 1.165) is 23.4 Å². The van der Waals surface area contributed by atoms with Crippen molar-refractivity contribution in [2.75, 3.05) is 7.05 Å². The fraction of sp³-hybridized carbons (Fsp3) is 0.357. The third-order valence-electron chi connectivity index (χ3n) is 3.44. The van der Waals surface area contributed by atoms with Crippen LogP contribution in [0.1, 0.15) is 22.9 Å². The van der Waals surface area contributed by atoms with E-state index in [1.165, 1.54) is 4.68 Å². The van der Waals surface area contributed by atoms with Gasteiger partial charge in [-0.2, -0.15) is 5.10 Å². The van der Waals surface area contributed by atoms with Gasteiger partial charge < -0.3 is 5.32 Å². The van der Waals surface area contributed by atoms with Crippen molar-refractivity contribution in [3.63, 3.8) is 0 Å². The Balaban J connectivity index is 2.36. The van der Waals surface area contributed by atoms with Crippen LogP contribution in [-0.2, 0) is 13.5 Å². The molecule has 0 saturated carbocycles. The van der Waals surface area contributed by atoms with Crippen molar-refractivity contribution in [3.8, 4) is 0 Å². The second kappa shape index (κ2) is 6.07. The fourth-order valence-corrected chi connectivity index (χ4v) is 2.52. The van der Waals surface area contributed by atoms with Crippen LogP contribution in [0, 0.1) is 24.4 Å². The Morgan fingerprint density at radius 2 is 1.86 bits per heavy atom. The minimum atomic E-state index is -1.47. The van der Waals surface area contributed by atoms with E-state index in [2.05, 4.69) is 10.4 Å². The van der Waals surface area contributed by atoms with Crippen molar-refractivity contribution in [3.05, 3.63) is 51.6 Å². The first kappa shape index (κ1) is 15.9. The highest BCUT2D eigenvalue weighted by Gasteiger charge is 2.20. The summed E-state index contributed by atoms with van der Waals surface area (Å²) in [6.07, 6.45) is 0.388. The summed E-state index contributed by atoms with van der Waals surface area (Å²) in [5.41, 5.74) is 1.84. The van der Waals surface area contributed by atoms with Crippen LogP contribution in [0.15, 0.2) is 12.1 Å². The molecule has 2 aromatic rings. The van der Waals surface area contributed by atoms with Crippen molar-refractivity contribution in [1.29, 1.82) is 0 Å². The molecule has 1 aromatic heterocycles. The van der Waals surface area contributed by atoms with E-state index in [1.54, 1.807) is 21.0 Å². The number of aromatic nitrogens is 2. The Morgan fingerprint density at radius 3 is 2.29 bits per heavy atom. The molecule has 7 heteroatoms. The maximum absolute atomic E-state index is 13.4. The molecule has 1 aromatic carbocycles. The van der Waals surface area contributed by atoms with E-state index in [0.29, 0.717) is 17.1 Å². The average Bonchev–Trinajstić information content (AvgIpc) is 2.67. The highest BCUT2D eigenvalue weighted by Crippen LogP contribution is 2.27. The highest BCUT2D eigenvalue weighted by atomic mass is 35.5. The molecule has 0 fully saturated rings. The molecule has 0 aliphatic rings. The molecule has 0 amide bonds. The number of nitrogens with zero attached hydrogens (tertiary/aromatic N) is 2. The van der Waals surface area contributed by atoms with E-state index in [9.17, 15) is 13.2 Å². The van der Waals surface area contributed by atoms with Crippen LogP contribution in [0.2, 0.25) is 5.15 Å². The van der Waals surface area contributed by atoms with E-state index in [4.69, 9.17) is 11.6 Å². The zero-order valence-corrected chi connectivity index (χ0v) is 12.6. The van der Waals surface area contributed by atoms with Crippen molar-refractivity contribution < 1.29 is 13.2 Å². The third kappa shape index (κ3) is 3.06. The van der Waals surface area contributed by atoms with E-state index < -0.39 is 23.5 Å². The van der Waals surface area contributed by atoms with Crippen LogP contribution in [0.3, 0.4) is 0 Å². The molecule has 21 heavy (non-hydrogen) atoms. The lowest BCUT2D eigenvalue weighted by molar-refractivity contribution is 0.441. The predicted octanol–water partition coefficient (Wildman–Crippen LogP) is 3.30. The van der Waals surface area contributed by atoms with Crippen LogP contribution in [0.4, 0.5) is 13.2 Å². The summed E-state index contributed by atoms with van der Waals surface area (Å²) in [4.78, 5) is 0. The topological polar surface area (TPSA) is 29.9 Å². The summed E-state index contributed by atoms with van der Waals surface area (Å²) in [5, 5.41) is 7.61. The summed E-state index contributed by atoms with van der Waals surface area (Å²) in [6.45, 7) is 1.81. The predicted molar refractivity (Wildman–Crippen MR) is 74.8 cm³/mol. The second-order valence-electron chi connectivity index (χ2n) is 4.82. The molecule has 0 aliphatic heterocycles. The Labute approximate surface area is 125 Å². The Bertz CT molecular complexity index is 647. The van der Waals surface area contributed by atoms with Gasteiger partial charge in [0.15, 0.2) is 17.5 Å². The first-order chi connectivity index (χ1) is 9.85. The molecule has 0 bridgehead atoms. The first-order valence-electron chi connectivity index (χ1n) is 6.34. The van der Waals surface area contributed by atoms with Crippen molar-refractivity contribution >= 4 is 11.6 Å². The smallest absolute Gasteiger partial charge is 0.194 e. The Hall–Kier alpha value is -1.53. The monoisotopic (exact) mass is 317 g/mol. The number of benzene rings is 1. The van der Waals surface area contributed by atoms with Crippen LogP contribution in [-0.4, -0.2) is 16.8 Å². The molecule has 1 N–H and O–H groups in total. The van der Waals surface area contributed by atoms with Gasteiger partial charge in [0.1, 0.15) is 5.15 Å². The van der Waals surface area contributed by atoms with Crippen molar-refractivity contribution in [2.45, 2.75) is 19.4 Å². The lowest BCUT2D eigenvalue weighted by Crippen LogP contribution is -2.20. The SMILES string of the molecule is CNC(Cc1c(C)nn(C)c1Cl)c1cc(F)c(F)c(F)c1. The number of hydrogen-bond donors (Lipinski definition) is 1. The average molecular weight is 318 g/mol. The lowest BCUT2D eigenvalue weighted by Gasteiger charge is -2.17. The Kier molecular flexibility index (Phi) is 4.58. The van der Waals surface area contributed by atoms with Gasteiger partial charge in [-0.25, -0.2) is 13.2 Å². The minimum Gasteiger partial charge on any atom is -0.313 e. The van der Waals surface area contributed by atoms with E-state index >= 15 is 0 Å². The molecule has 1 atom stereocenters. The molecule has 0 saturated heterocycles. The molecule has 0 radical (unpaired) electrons. The first-order valence-corrected chi connectivity index (χ1v) is 6.72. The molecule has 1 heterocycles. The molecule has 3 nitrogen and oxygen atoms in total. The third-order valence-corrected chi connectivity index (χ3v) is 3.91. The van der Waals surface area contributed by atoms with Crippen LogP contribution in [0.5, 0.6) is 0 Å². The van der Waals surface area contributed by atoms with Gasteiger partial charge in [0.2, 0.25) is 0 Å². The van der Waals surface area contributed by atoms with Crippen molar-refractivity contribution in [1.82, 2.24) is 15.1 Å². The highest BCUT2D eigenvalue weighted by molar-refractivity contribution is 6.30. The number of nitrogens with one attached hydrogen (secondary N) is 1. The second-order valence-corrected chi connectivity index (χ2v) is 5.18. The van der Waals surface area contributed by atoms with Gasteiger partial charge in [-0.3, -0.25) is 4.68 Å². The largest absolute Gasteiger partial charge is 0.313 e. The maximum atomic E-state index is 13.4. The van der Waals surface area contributed by atoms with Gasteiger partial charge >= 0.3 is 0 Å². The molecular formula is C14H15ClF3N3. The lowest BCUT2D eigenvalue weighted by atomic mass is 9.99. The van der Waals surface area contributed by atoms with E-state index in [1.807, 2.05) is 0 Å². The van der Waals surface area contributed by atoms with Crippen molar-refractivity contribution in [2.24, 2.45) is 7.05 Å². The van der Waals surface area contributed by atoms with Gasteiger partial charge in [-0.15, -0.1) is 0 Å². The normalized spacial score (nSPS) is 12.7. The standard InChI is InChI=1S/C14H15ClF3N3/c1-7-9(14(15)21(3)20-7)6-12(19-2)8-4-10(16)13(18)11(17)5-8/h4-5,12,19H,6H2,1-3H3. The number of likely N-dealkylation sites (N-methyl/N-ethyl adjacent to an activating group) is 1. The van der Waals surface area contributed by atoms with Crippen LogP contribution >= 0.6 is 11.6 Å². The van der Waals surface area contributed by atoms with Gasteiger partial charge in [0, 0.05) is 18.7 Å². The summed E-state index contributed by atoms with van der Waals surface area (Å²) >= 11 is 6.15. The van der Waals surface area contributed by atoms with E-state index in [-0.39, 0.29) is 0 Å².